The van der Waals surface area contributed by atoms with Crippen molar-refractivity contribution in [2.75, 3.05) is 6.54 Å². The van der Waals surface area contributed by atoms with Gasteiger partial charge in [-0.3, -0.25) is 0 Å². The van der Waals surface area contributed by atoms with Gasteiger partial charge in [-0.15, -0.1) is 0 Å². The Morgan fingerprint density at radius 1 is 1.10 bits per heavy atom. The summed E-state index contributed by atoms with van der Waals surface area (Å²) in [7, 11) is 0. The van der Waals surface area contributed by atoms with E-state index in [1.807, 2.05) is 0 Å². The number of nitrogens with two attached hydrogens (primary N) is 1. The van der Waals surface area contributed by atoms with Crippen LogP contribution in [0.25, 0.3) is 0 Å². The van der Waals surface area contributed by atoms with E-state index in [2.05, 4.69) is 27.7 Å². The molecule has 1 aliphatic rings. The van der Waals surface area contributed by atoms with Crippen molar-refractivity contribution in [3.63, 3.8) is 0 Å². The summed E-state index contributed by atoms with van der Waals surface area (Å²) in [4.78, 5) is 0. The van der Waals surface area contributed by atoms with Crippen LogP contribution in [0.5, 0.6) is 0 Å². The molecule has 0 aromatic carbocycles. The second-order valence-electron chi connectivity index (χ2n) is 8.43. The van der Waals surface area contributed by atoms with Crippen molar-refractivity contribution in [3.8, 4) is 0 Å². The van der Waals surface area contributed by atoms with Crippen LogP contribution in [-0.4, -0.2) is 17.8 Å². The lowest BCUT2D eigenvalue weighted by molar-refractivity contribution is -0.0268. The summed E-state index contributed by atoms with van der Waals surface area (Å²) < 4.78 is 0. The maximum absolute atomic E-state index is 10.7. The minimum absolute atomic E-state index is 0.00645. The summed E-state index contributed by atoms with van der Waals surface area (Å²) in [5.74, 6) is 0.786. The van der Waals surface area contributed by atoms with Crippen LogP contribution in [0.3, 0.4) is 0 Å². The highest BCUT2D eigenvalue weighted by Crippen LogP contribution is 2.47. The standard InChI is InChI=1S/C19H39NO/c1-5-6-7-8-9-10-17(21)19(15-20)13-11-16(12-14-19)18(2,3)4/h16-17,21H,5-15,20H2,1-4H3. The van der Waals surface area contributed by atoms with E-state index >= 15 is 0 Å². The number of hydrogen-bond acceptors (Lipinski definition) is 2. The molecule has 0 amide bonds. The van der Waals surface area contributed by atoms with Gasteiger partial charge in [-0.1, -0.05) is 59.8 Å². The van der Waals surface area contributed by atoms with Gasteiger partial charge in [-0.25, -0.2) is 0 Å². The first-order valence-electron chi connectivity index (χ1n) is 9.24. The molecule has 1 unspecified atom stereocenters. The second kappa shape index (κ2) is 8.53. The number of hydrogen-bond donors (Lipinski definition) is 2. The van der Waals surface area contributed by atoms with Gasteiger partial charge in [0.2, 0.25) is 0 Å². The molecule has 0 spiro atoms. The molecule has 0 aromatic heterocycles. The van der Waals surface area contributed by atoms with E-state index in [1.165, 1.54) is 38.5 Å². The topological polar surface area (TPSA) is 46.2 Å². The highest BCUT2D eigenvalue weighted by molar-refractivity contribution is 4.94. The smallest absolute Gasteiger partial charge is 0.0608 e. The highest BCUT2D eigenvalue weighted by atomic mass is 16.3. The normalized spacial score (nSPS) is 28.6. The number of aliphatic hydroxyl groups is 1. The number of rotatable bonds is 8. The Hall–Kier alpha value is -0.0800. The minimum Gasteiger partial charge on any atom is -0.393 e. The van der Waals surface area contributed by atoms with Crippen LogP contribution in [0.4, 0.5) is 0 Å². The van der Waals surface area contributed by atoms with E-state index in [0.29, 0.717) is 12.0 Å². The van der Waals surface area contributed by atoms with Crippen LogP contribution in [0, 0.1) is 16.7 Å². The average molecular weight is 298 g/mol. The molecule has 0 aromatic rings. The van der Waals surface area contributed by atoms with Gasteiger partial charge in [0.1, 0.15) is 0 Å². The lowest BCUT2D eigenvalue weighted by Gasteiger charge is -2.46. The Balaban J connectivity index is 2.42. The third-order valence-electron chi connectivity index (χ3n) is 5.90. The summed E-state index contributed by atoms with van der Waals surface area (Å²) in [6.45, 7) is 9.93. The molecule has 1 rings (SSSR count). The molecular weight excluding hydrogens is 258 g/mol. The maximum atomic E-state index is 10.7. The third-order valence-corrected chi connectivity index (χ3v) is 5.90. The number of unbranched alkanes of at least 4 members (excludes halogenated alkanes) is 4. The van der Waals surface area contributed by atoms with Crippen molar-refractivity contribution in [1.82, 2.24) is 0 Å². The van der Waals surface area contributed by atoms with Gasteiger partial charge in [0.25, 0.3) is 0 Å². The first kappa shape index (κ1) is 19.0. The maximum Gasteiger partial charge on any atom is 0.0608 e. The molecule has 3 N–H and O–H groups in total. The molecule has 0 bridgehead atoms. The van der Waals surface area contributed by atoms with Crippen LogP contribution >= 0.6 is 0 Å². The lowest BCUT2D eigenvalue weighted by atomic mass is 9.61. The Morgan fingerprint density at radius 2 is 1.67 bits per heavy atom. The van der Waals surface area contributed by atoms with E-state index < -0.39 is 0 Å². The van der Waals surface area contributed by atoms with Gasteiger partial charge in [-0.05, 0) is 43.4 Å². The number of aliphatic hydroxyl groups excluding tert-OH is 1. The molecule has 21 heavy (non-hydrogen) atoms. The molecule has 1 atom stereocenters. The molecule has 2 nitrogen and oxygen atoms in total. The third kappa shape index (κ3) is 5.56. The van der Waals surface area contributed by atoms with Gasteiger partial charge < -0.3 is 10.8 Å². The molecule has 1 saturated carbocycles. The van der Waals surface area contributed by atoms with Crippen molar-refractivity contribution in [1.29, 1.82) is 0 Å². The van der Waals surface area contributed by atoms with Crippen LogP contribution in [0.1, 0.15) is 91.9 Å². The Bertz CT molecular complexity index is 274. The lowest BCUT2D eigenvalue weighted by Crippen LogP contribution is -2.45. The zero-order valence-electron chi connectivity index (χ0n) is 15.0. The molecule has 126 valence electrons. The Labute approximate surface area is 132 Å². The molecular formula is C19H39NO. The summed E-state index contributed by atoms with van der Waals surface area (Å²) in [5.41, 5.74) is 6.49. The molecule has 2 heteroatoms. The van der Waals surface area contributed by atoms with Gasteiger partial charge >= 0.3 is 0 Å². The van der Waals surface area contributed by atoms with Gasteiger partial charge in [0.15, 0.2) is 0 Å². The highest BCUT2D eigenvalue weighted by Gasteiger charge is 2.42. The molecule has 0 saturated heterocycles. The molecule has 1 aliphatic carbocycles. The van der Waals surface area contributed by atoms with E-state index in [9.17, 15) is 5.11 Å². The summed E-state index contributed by atoms with van der Waals surface area (Å²) >= 11 is 0. The zero-order chi connectivity index (χ0) is 15.9. The summed E-state index contributed by atoms with van der Waals surface area (Å²) in [6, 6.07) is 0. The predicted octanol–water partition coefficient (Wildman–Crippen LogP) is 4.89. The Kier molecular flexibility index (Phi) is 7.70. The fourth-order valence-electron chi connectivity index (χ4n) is 3.98. The van der Waals surface area contributed by atoms with Crippen molar-refractivity contribution >= 4 is 0 Å². The van der Waals surface area contributed by atoms with E-state index in [1.54, 1.807) is 0 Å². The minimum atomic E-state index is -0.190. The Morgan fingerprint density at radius 3 is 2.14 bits per heavy atom. The second-order valence-corrected chi connectivity index (χ2v) is 8.43. The first-order chi connectivity index (χ1) is 9.85. The van der Waals surface area contributed by atoms with E-state index in [4.69, 9.17) is 5.73 Å². The largest absolute Gasteiger partial charge is 0.393 e. The monoisotopic (exact) mass is 297 g/mol. The fraction of sp³-hybridized carbons (Fsp3) is 1.00. The molecule has 0 heterocycles. The van der Waals surface area contributed by atoms with Crippen LogP contribution < -0.4 is 5.73 Å². The molecule has 0 aliphatic heterocycles. The first-order valence-corrected chi connectivity index (χ1v) is 9.24. The predicted molar refractivity (Wildman–Crippen MR) is 92.3 cm³/mol. The van der Waals surface area contributed by atoms with Crippen molar-refractivity contribution in [2.24, 2.45) is 22.5 Å². The summed E-state index contributed by atoms with van der Waals surface area (Å²) in [6.07, 6.45) is 11.8. The van der Waals surface area contributed by atoms with Crippen molar-refractivity contribution in [3.05, 3.63) is 0 Å². The molecule has 1 fully saturated rings. The molecule has 0 radical (unpaired) electrons. The zero-order valence-corrected chi connectivity index (χ0v) is 15.0. The van der Waals surface area contributed by atoms with Gasteiger partial charge in [0.05, 0.1) is 6.10 Å². The van der Waals surface area contributed by atoms with Crippen molar-refractivity contribution in [2.45, 2.75) is 98.0 Å². The SMILES string of the molecule is CCCCCCCC(O)C1(CN)CCC(C(C)(C)C)CC1. The van der Waals surface area contributed by atoms with Crippen molar-refractivity contribution < 1.29 is 5.11 Å². The van der Waals surface area contributed by atoms with Gasteiger partial charge in [0, 0.05) is 12.0 Å². The van der Waals surface area contributed by atoms with Gasteiger partial charge in [-0.2, -0.15) is 0 Å². The quantitative estimate of drug-likeness (QED) is 0.627. The van der Waals surface area contributed by atoms with E-state index in [-0.39, 0.29) is 11.5 Å². The fourth-order valence-corrected chi connectivity index (χ4v) is 3.98. The average Bonchev–Trinajstić information content (AvgIpc) is 2.46. The van der Waals surface area contributed by atoms with Crippen LogP contribution in [0.2, 0.25) is 0 Å². The van der Waals surface area contributed by atoms with Crippen LogP contribution in [0.15, 0.2) is 0 Å². The van der Waals surface area contributed by atoms with E-state index in [0.717, 1.165) is 31.6 Å². The summed E-state index contributed by atoms with van der Waals surface area (Å²) in [5, 5.41) is 10.7. The van der Waals surface area contributed by atoms with Crippen LogP contribution in [-0.2, 0) is 0 Å².